The Morgan fingerprint density at radius 1 is 0.650 bits per heavy atom. The van der Waals surface area contributed by atoms with Crippen molar-refractivity contribution in [2.24, 2.45) is 10.8 Å². The Bertz CT molecular complexity index is 476. The van der Waals surface area contributed by atoms with Crippen LogP contribution in [0.3, 0.4) is 0 Å². The molecular formula is C14H16O6. The fourth-order valence-electron chi connectivity index (χ4n) is 3.36. The van der Waals surface area contributed by atoms with Crippen LogP contribution < -0.4 is 0 Å². The van der Waals surface area contributed by atoms with Gasteiger partial charge in [-0.05, 0) is 27.7 Å². The van der Waals surface area contributed by atoms with Gasteiger partial charge in [-0.15, -0.1) is 0 Å². The Morgan fingerprint density at radius 3 is 1.00 bits per heavy atom. The molecule has 1 aliphatic rings. The van der Waals surface area contributed by atoms with E-state index in [0.717, 1.165) is 27.7 Å². The minimum atomic E-state index is -2.50. The highest BCUT2D eigenvalue weighted by atomic mass is 16.2. The van der Waals surface area contributed by atoms with Gasteiger partial charge in [0.25, 0.3) is 0 Å². The third-order valence-corrected chi connectivity index (χ3v) is 4.09. The van der Waals surface area contributed by atoms with Crippen molar-refractivity contribution in [1.82, 2.24) is 0 Å². The summed E-state index contributed by atoms with van der Waals surface area (Å²) < 4.78 is 0. The second-order valence-corrected chi connectivity index (χ2v) is 5.07. The molecule has 1 aliphatic carbocycles. The van der Waals surface area contributed by atoms with Crippen molar-refractivity contribution in [2.45, 2.75) is 40.5 Å². The molecule has 0 aromatic rings. The van der Waals surface area contributed by atoms with E-state index < -0.39 is 45.5 Å². The highest BCUT2D eigenvalue weighted by Gasteiger charge is 2.72. The highest BCUT2D eigenvalue weighted by molar-refractivity contribution is 6.40. The van der Waals surface area contributed by atoms with Crippen molar-refractivity contribution >= 4 is 34.7 Å². The molecule has 0 N–H and O–H groups in total. The number of ketones is 6. The summed E-state index contributed by atoms with van der Waals surface area (Å²) in [7, 11) is 0. The van der Waals surface area contributed by atoms with Crippen molar-refractivity contribution in [3.63, 3.8) is 0 Å². The molecule has 6 heteroatoms. The fourth-order valence-corrected chi connectivity index (χ4v) is 3.36. The summed E-state index contributed by atoms with van der Waals surface area (Å²) in [5.41, 5.74) is -5.00. The molecule has 0 unspecified atom stereocenters. The van der Waals surface area contributed by atoms with Crippen LogP contribution in [0.2, 0.25) is 0 Å². The number of carbonyl (C=O) groups is 6. The molecule has 0 spiro atoms. The molecule has 1 saturated carbocycles. The summed E-state index contributed by atoms with van der Waals surface area (Å²) >= 11 is 0. The Kier molecular flexibility index (Phi) is 3.90. The predicted octanol–water partition coefficient (Wildman–Crippen LogP) is 0.247. The SMILES string of the molecule is CC(=O)C1(C(C)=O)C(=O)CCC(=O)C1(C(C)=O)C(C)=O. The lowest BCUT2D eigenvalue weighted by atomic mass is 9.48. The highest BCUT2D eigenvalue weighted by Crippen LogP contribution is 2.49. The van der Waals surface area contributed by atoms with Gasteiger partial charge in [0.15, 0.2) is 45.5 Å². The zero-order valence-electron chi connectivity index (χ0n) is 11.9. The van der Waals surface area contributed by atoms with Crippen LogP contribution in [-0.2, 0) is 28.8 Å². The molecular weight excluding hydrogens is 264 g/mol. The molecule has 1 rings (SSSR count). The first-order valence-corrected chi connectivity index (χ1v) is 6.18. The monoisotopic (exact) mass is 280 g/mol. The van der Waals surface area contributed by atoms with E-state index >= 15 is 0 Å². The van der Waals surface area contributed by atoms with Crippen molar-refractivity contribution < 1.29 is 28.8 Å². The van der Waals surface area contributed by atoms with Crippen molar-refractivity contribution in [3.8, 4) is 0 Å². The van der Waals surface area contributed by atoms with Gasteiger partial charge >= 0.3 is 0 Å². The zero-order chi connectivity index (χ0) is 15.9. The minimum Gasteiger partial charge on any atom is -0.298 e. The van der Waals surface area contributed by atoms with Gasteiger partial charge in [-0.3, -0.25) is 28.8 Å². The van der Waals surface area contributed by atoms with E-state index in [4.69, 9.17) is 0 Å². The van der Waals surface area contributed by atoms with Crippen LogP contribution in [0.25, 0.3) is 0 Å². The molecule has 0 heterocycles. The number of carbonyl (C=O) groups excluding carboxylic acids is 6. The first-order chi connectivity index (χ1) is 9.07. The third kappa shape index (κ3) is 1.57. The number of hydrogen-bond acceptors (Lipinski definition) is 6. The maximum Gasteiger partial charge on any atom is 0.171 e. The summed E-state index contributed by atoms with van der Waals surface area (Å²) in [6, 6.07) is 0. The van der Waals surface area contributed by atoms with Gasteiger partial charge in [-0.1, -0.05) is 0 Å². The fraction of sp³-hybridized carbons (Fsp3) is 0.571. The van der Waals surface area contributed by atoms with Crippen LogP contribution in [0, 0.1) is 10.8 Å². The molecule has 1 fully saturated rings. The van der Waals surface area contributed by atoms with E-state index in [0.29, 0.717) is 0 Å². The van der Waals surface area contributed by atoms with E-state index in [1.165, 1.54) is 0 Å². The number of Topliss-reactive ketones (excluding diaryl/α,β-unsaturated/α-hetero) is 6. The van der Waals surface area contributed by atoms with Gasteiger partial charge in [-0.2, -0.15) is 0 Å². The molecule has 0 bridgehead atoms. The van der Waals surface area contributed by atoms with Gasteiger partial charge in [-0.25, -0.2) is 0 Å². The molecule has 0 aliphatic heterocycles. The molecule has 0 radical (unpaired) electrons. The predicted molar refractivity (Wildman–Crippen MR) is 66.8 cm³/mol. The molecule has 0 atom stereocenters. The van der Waals surface area contributed by atoms with Crippen molar-refractivity contribution in [1.29, 1.82) is 0 Å². The average molecular weight is 280 g/mol. The summed E-state index contributed by atoms with van der Waals surface area (Å²) in [5, 5.41) is 0. The Hall–Kier alpha value is -1.98. The molecule has 0 aromatic heterocycles. The van der Waals surface area contributed by atoms with Gasteiger partial charge in [0.05, 0.1) is 0 Å². The second kappa shape index (κ2) is 4.85. The van der Waals surface area contributed by atoms with Crippen LogP contribution in [0.4, 0.5) is 0 Å². The largest absolute Gasteiger partial charge is 0.298 e. The van der Waals surface area contributed by atoms with E-state index in [-0.39, 0.29) is 12.8 Å². The van der Waals surface area contributed by atoms with E-state index in [9.17, 15) is 28.8 Å². The lowest BCUT2D eigenvalue weighted by Crippen LogP contribution is -2.68. The van der Waals surface area contributed by atoms with Crippen LogP contribution in [0.5, 0.6) is 0 Å². The van der Waals surface area contributed by atoms with Crippen molar-refractivity contribution in [2.75, 3.05) is 0 Å². The maximum absolute atomic E-state index is 12.3. The topological polar surface area (TPSA) is 102 Å². The first kappa shape index (κ1) is 16.1. The van der Waals surface area contributed by atoms with Crippen LogP contribution in [0.15, 0.2) is 0 Å². The standard InChI is InChI=1S/C14H16O6/c1-7(15)13(8(2)16)11(19)5-6-12(20)14(13,9(3)17)10(4)18/h5-6H2,1-4H3. The lowest BCUT2D eigenvalue weighted by molar-refractivity contribution is -0.175. The molecule has 0 amide bonds. The molecule has 0 aromatic carbocycles. The number of hydrogen-bond donors (Lipinski definition) is 0. The normalized spacial score (nSPS) is 20.4. The Morgan fingerprint density at radius 2 is 0.850 bits per heavy atom. The maximum atomic E-state index is 12.3. The third-order valence-electron chi connectivity index (χ3n) is 4.09. The van der Waals surface area contributed by atoms with Crippen LogP contribution in [-0.4, -0.2) is 34.7 Å². The first-order valence-electron chi connectivity index (χ1n) is 6.18. The number of rotatable bonds is 4. The van der Waals surface area contributed by atoms with Gasteiger partial charge in [0.1, 0.15) is 0 Å². The molecule has 6 nitrogen and oxygen atoms in total. The summed E-state index contributed by atoms with van der Waals surface area (Å²) in [6.45, 7) is 3.83. The molecule has 20 heavy (non-hydrogen) atoms. The quantitative estimate of drug-likeness (QED) is 0.684. The summed E-state index contributed by atoms with van der Waals surface area (Å²) in [4.78, 5) is 72.7. The van der Waals surface area contributed by atoms with Crippen LogP contribution in [0.1, 0.15) is 40.5 Å². The average Bonchev–Trinajstić information content (AvgIpc) is 2.29. The second-order valence-electron chi connectivity index (χ2n) is 5.07. The van der Waals surface area contributed by atoms with Gasteiger partial charge < -0.3 is 0 Å². The molecule has 0 saturated heterocycles. The molecule has 108 valence electrons. The summed E-state index contributed by atoms with van der Waals surface area (Å²) in [5.74, 6) is -5.41. The van der Waals surface area contributed by atoms with E-state index in [2.05, 4.69) is 0 Å². The van der Waals surface area contributed by atoms with Crippen molar-refractivity contribution in [3.05, 3.63) is 0 Å². The Balaban J connectivity index is 3.96. The van der Waals surface area contributed by atoms with E-state index in [1.54, 1.807) is 0 Å². The summed E-state index contributed by atoms with van der Waals surface area (Å²) in [6.07, 6.45) is -0.638. The zero-order valence-corrected chi connectivity index (χ0v) is 11.9. The smallest absolute Gasteiger partial charge is 0.171 e. The Labute approximate surface area is 115 Å². The van der Waals surface area contributed by atoms with Gasteiger partial charge in [0.2, 0.25) is 0 Å². The van der Waals surface area contributed by atoms with E-state index in [1.807, 2.05) is 0 Å². The van der Waals surface area contributed by atoms with Crippen LogP contribution >= 0.6 is 0 Å². The van der Waals surface area contributed by atoms with Gasteiger partial charge in [0, 0.05) is 12.8 Å². The minimum absolute atomic E-state index is 0.319. The lowest BCUT2D eigenvalue weighted by Gasteiger charge is -2.44.